The van der Waals surface area contributed by atoms with Gasteiger partial charge in [0.05, 0.1) is 23.8 Å². The van der Waals surface area contributed by atoms with Gasteiger partial charge < -0.3 is 32.9 Å². The van der Waals surface area contributed by atoms with Crippen molar-refractivity contribution in [1.82, 2.24) is 19.3 Å². The predicted molar refractivity (Wildman–Crippen MR) is 150 cm³/mol. The number of aryl methyl sites for hydroxylation is 2. The van der Waals surface area contributed by atoms with Crippen molar-refractivity contribution in [3.8, 4) is 11.3 Å². The van der Waals surface area contributed by atoms with E-state index < -0.39 is 0 Å². The van der Waals surface area contributed by atoms with E-state index in [4.69, 9.17) is 0 Å². The molecule has 2 heterocycles. The Balaban J connectivity index is 0. The molecule has 1 radical (unpaired) electrons. The van der Waals surface area contributed by atoms with Crippen molar-refractivity contribution in [2.75, 3.05) is 19.6 Å². The second-order valence-electron chi connectivity index (χ2n) is 8.02. The van der Waals surface area contributed by atoms with E-state index >= 15 is 0 Å². The van der Waals surface area contributed by atoms with E-state index in [1.165, 1.54) is 18.4 Å². The first kappa shape index (κ1) is 38.5. The summed E-state index contributed by atoms with van der Waals surface area (Å²) >= 11 is 0. The number of hydrogen-bond acceptors (Lipinski definition) is 4. The Morgan fingerprint density at radius 3 is 2.11 bits per heavy atom. The van der Waals surface area contributed by atoms with Crippen LogP contribution in [0.4, 0.5) is 0 Å². The first-order chi connectivity index (χ1) is 17.4. The van der Waals surface area contributed by atoms with E-state index in [-0.39, 0.29) is 51.3 Å². The second-order valence-corrected chi connectivity index (χ2v) is 8.02. The van der Waals surface area contributed by atoms with Gasteiger partial charge in [-0.25, -0.2) is 0 Å². The standard InChI is InChI=1S/C13H10N3.C8H6O.C6H13N.C4H10.V.Y/c1-10-2-4-11(5-3-10)12-8-15-13-9-14-6-7-16(12)13;1-7-4-2-3-5-8(7)6-9;1-4-7(5-2)6-3;1-3-4-2;;/h2-8H,1H3;3-5H,1H3;1-2,4-6H2,3H3;3-4H2,1-2H3;;/q-1;2*-2;;+2;+3. The van der Waals surface area contributed by atoms with E-state index in [0.717, 1.165) is 42.1 Å². The van der Waals surface area contributed by atoms with Crippen LogP contribution in [0.5, 0.6) is 0 Å². The minimum Gasteiger partial charge on any atom is -0.454 e. The average molecular weight is 624 g/mol. The molecule has 4 rings (SSSR count). The van der Waals surface area contributed by atoms with Gasteiger partial charge in [0.15, 0.2) is 0 Å². The van der Waals surface area contributed by atoms with Gasteiger partial charge in [0.1, 0.15) is 0 Å². The topological polar surface area (TPSA) is 50.5 Å². The summed E-state index contributed by atoms with van der Waals surface area (Å²) in [5.74, 6) is 0. The summed E-state index contributed by atoms with van der Waals surface area (Å²) in [4.78, 5) is 20.4. The molecule has 0 fully saturated rings. The van der Waals surface area contributed by atoms with Gasteiger partial charge in [-0.2, -0.15) is 35.4 Å². The Morgan fingerprint density at radius 1 is 1.03 bits per heavy atom. The number of imidazole rings is 1. The molecule has 197 valence electrons. The molecule has 7 heteroatoms. The maximum Gasteiger partial charge on any atom is 3.00 e. The van der Waals surface area contributed by atoms with Crippen LogP contribution in [0.3, 0.4) is 0 Å². The third-order valence-corrected chi connectivity index (χ3v) is 5.36. The molecule has 4 aromatic rings. The molecule has 5 nitrogen and oxygen atoms in total. The molecule has 0 bridgehead atoms. The van der Waals surface area contributed by atoms with Gasteiger partial charge in [0.25, 0.3) is 0 Å². The Hall–Kier alpha value is -1.62. The Morgan fingerprint density at radius 2 is 1.66 bits per heavy atom. The molecule has 2 aromatic carbocycles. The van der Waals surface area contributed by atoms with Crippen LogP contribution in [0.15, 0.2) is 61.1 Å². The minimum absolute atomic E-state index is 0. The van der Waals surface area contributed by atoms with Crippen LogP contribution in [0, 0.1) is 40.0 Å². The zero-order valence-electron chi connectivity index (χ0n) is 23.4. The molecule has 0 spiro atoms. The van der Waals surface area contributed by atoms with Gasteiger partial charge in [-0.15, -0.1) is 25.5 Å². The van der Waals surface area contributed by atoms with Crippen LogP contribution >= 0.6 is 0 Å². The van der Waals surface area contributed by atoms with Gasteiger partial charge in [-0.1, -0.05) is 76.6 Å². The first-order valence-electron chi connectivity index (χ1n) is 12.4. The van der Waals surface area contributed by atoms with E-state index in [9.17, 15) is 4.79 Å². The monoisotopic (exact) mass is 623 g/mol. The maximum atomic E-state index is 10.1. The quantitative estimate of drug-likeness (QED) is 0.229. The fourth-order valence-corrected chi connectivity index (χ4v) is 2.78. The fraction of sp³-hybridized carbons (Fsp3) is 0.323. The summed E-state index contributed by atoms with van der Waals surface area (Å²) in [6.07, 6.45) is 12.8. The van der Waals surface area contributed by atoms with Gasteiger partial charge in [0, 0.05) is 5.56 Å². The van der Waals surface area contributed by atoms with E-state index in [2.05, 4.69) is 92.9 Å². The van der Waals surface area contributed by atoms with Crippen LogP contribution in [-0.2, 0) is 56.1 Å². The van der Waals surface area contributed by atoms with Crippen LogP contribution in [0.2, 0.25) is 0 Å². The number of fused-ring (bicyclic) bond motifs is 1. The number of carbonyl (C=O) groups excluding carboxylic acids is 1. The fourth-order valence-electron chi connectivity index (χ4n) is 2.78. The Bertz CT molecular complexity index is 1120. The van der Waals surface area contributed by atoms with Crippen LogP contribution in [-0.4, -0.2) is 45.2 Å². The van der Waals surface area contributed by atoms with Crippen molar-refractivity contribution >= 4 is 11.9 Å². The Labute approximate surface area is 267 Å². The van der Waals surface area contributed by atoms with E-state index in [1.54, 1.807) is 24.4 Å². The molecular formula is C31H39N4OVY. The van der Waals surface area contributed by atoms with Crippen LogP contribution in [0.1, 0.15) is 50.3 Å². The molecular weight excluding hydrogens is 584 g/mol. The molecule has 0 saturated carbocycles. The number of benzene rings is 2. The van der Waals surface area contributed by atoms with Crippen molar-refractivity contribution in [2.24, 2.45) is 0 Å². The molecule has 0 saturated heterocycles. The molecule has 0 unspecified atom stereocenters. The summed E-state index contributed by atoms with van der Waals surface area (Å²) in [5, 5.41) is 0. The number of aromatic nitrogens is 3. The first-order valence-corrected chi connectivity index (χ1v) is 12.4. The number of nitrogens with zero attached hydrogens (tertiary/aromatic N) is 4. The van der Waals surface area contributed by atoms with Crippen molar-refractivity contribution < 1.29 is 56.1 Å². The van der Waals surface area contributed by atoms with Gasteiger partial charge in [0.2, 0.25) is 0 Å². The molecule has 0 N–H and O–H groups in total. The zero-order chi connectivity index (χ0) is 26.8. The SMILES string of the molecule is CCCC.Cc1c[c-]ccc1[C-]=O.Cc1ccc(-c2cnc3[c-]nccn23)cc1.[CH2-]CN(C[CH2-])CC.[V+2].[Y+3]. The van der Waals surface area contributed by atoms with Crippen LogP contribution in [0.25, 0.3) is 16.9 Å². The smallest absolute Gasteiger partial charge is 0.454 e. The number of hydrogen-bond donors (Lipinski definition) is 0. The van der Waals surface area contributed by atoms with Gasteiger partial charge >= 0.3 is 51.3 Å². The molecule has 2 aromatic heterocycles. The van der Waals surface area contributed by atoms with E-state index in [1.807, 2.05) is 30.0 Å². The summed E-state index contributed by atoms with van der Waals surface area (Å²) in [7, 11) is 0. The Kier molecular flexibility index (Phi) is 23.6. The van der Waals surface area contributed by atoms with Gasteiger partial charge in [-0.3, -0.25) is 4.98 Å². The number of rotatable bonds is 6. The normalized spacial score (nSPS) is 9.37. The van der Waals surface area contributed by atoms with Crippen molar-refractivity contribution in [3.63, 3.8) is 0 Å². The van der Waals surface area contributed by atoms with E-state index in [0.29, 0.717) is 5.56 Å². The van der Waals surface area contributed by atoms with Gasteiger partial charge in [-0.05, 0) is 13.5 Å². The second kappa shape index (κ2) is 23.3. The summed E-state index contributed by atoms with van der Waals surface area (Å²) in [5.41, 5.74) is 5.76. The predicted octanol–water partition coefficient (Wildman–Crippen LogP) is 6.54. The summed E-state index contributed by atoms with van der Waals surface area (Å²) < 4.78 is 1.98. The summed E-state index contributed by atoms with van der Waals surface area (Å²) in [6, 6.07) is 16.4. The summed E-state index contributed by atoms with van der Waals surface area (Å²) in [6.45, 7) is 20.6. The zero-order valence-corrected chi connectivity index (χ0v) is 27.7. The molecule has 0 amide bonds. The molecule has 0 atom stereocenters. The van der Waals surface area contributed by atoms with Crippen LogP contribution < -0.4 is 0 Å². The maximum absolute atomic E-state index is 10.1. The third-order valence-electron chi connectivity index (χ3n) is 5.36. The third kappa shape index (κ3) is 14.0. The molecule has 0 aliphatic carbocycles. The van der Waals surface area contributed by atoms with Crippen molar-refractivity contribution in [3.05, 3.63) is 104 Å². The average Bonchev–Trinajstić information content (AvgIpc) is 3.36. The number of unbranched alkanes of at least 4 members (excludes halogenated alkanes) is 1. The minimum atomic E-state index is 0. The molecule has 0 aliphatic rings. The molecule has 0 aliphatic heterocycles. The molecule has 38 heavy (non-hydrogen) atoms. The largest absolute Gasteiger partial charge is 3.00 e. The van der Waals surface area contributed by atoms with Crippen molar-refractivity contribution in [2.45, 2.75) is 47.5 Å². The van der Waals surface area contributed by atoms with Crippen molar-refractivity contribution in [1.29, 1.82) is 0 Å².